The number of rotatable bonds is 9. The van der Waals surface area contributed by atoms with Crippen LogP contribution in [0.3, 0.4) is 0 Å². The molecule has 0 saturated carbocycles. The molecule has 0 saturated heterocycles. The van der Waals surface area contributed by atoms with Gasteiger partial charge in [-0.3, -0.25) is 14.9 Å². The molecule has 0 fully saturated rings. The zero-order valence-corrected chi connectivity index (χ0v) is 21.1. The zero-order chi connectivity index (χ0) is 26.7. The molecule has 4 aromatic rings. The topological polar surface area (TPSA) is 145 Å². The lowest BCUT2D eigenvalue weighted by Gasteiger charge is -2.24. The van der Waals surface area contributed by atoms with Crippen molar-refractivity contribution in [2.75, 3.05) is 0 Å². The molecule has 3 aromatic carbocycles. The van der Waals surface area contributed by atoms with E-state index in [2.05, 4.69) is 4.98 Å². The summed E-state index contributed by atoms with van der Waals surface area (Å²) in [7, 11) is -3.89. The molecular formula is C26H22ClN3O6S. The Labute approximate surface area is 218 Å². The van der Waals surface area contributed by atoms with Crippen LogP contribution in [0.4, 0.5) is 5.69 Å². The number of sulfonamides is 1. The first-order valence-electron chi connectivity index (χ1n) is 11.0. The number of nitro groups is 1. The van der Waals surface area contributed by atoms with Gasteiger partial charge in [-0.15, -0.1) is 0 Å². The number of nitrogens with zero attached hydrogens (tertiary/aromatic N) is 1. The van der Waals surface area contributed by atoms with Crippen molar-refractivity contribution in [3.05, 3.63) is 105 Å². The van der Waals surface area contributed by atoms with Crippen LogP contribution in [0.1, 0.15) is 30.1 Å². The van der Waals surface area contributed by atoms with E-state index in [-0.39, 0.29) is 10.6 Å². The number of halogens is 1. The minimum atomic E-state index is -3.89. The number of primary sulfonamides is 1. The highest BCUT2D eigenvalue weighted by molar-refractivity contribution is 7.89. The number of aromatic nitrogens is 1. The molecule has 2 atom stereocenters. The van der Waals surface area contributed by atoms with Crippen molar-refractivity contribution in [1.82, 2.24) is 4.98 Å². The Morgan fingerprint density at radius 2 is 1.73 bits per heavy atom. The molecule has 11 heteroatoms. The lowest BCUT2D eigenvalue weighted by molar-refractivity contribution is -0.384. The van der Waals surface area contributed by atoms with Crippen molar-refractivity contribution in [2.45, 2.75) is 23.8 Å². The van der Waals surface area contributed by atoms with Gasteiger partial charge in [0.2, 0.25) is 10.0 Å². The Kier molecular flexibility index (Phi) is 7.44. The molecule has 4 rings (SSSR count). The van der Waals surface area contributed by atoms with E-state index in [1.54, 1.807) is 30.5 Å². The van der Waals surface area contributed by atoms with Gasteiger partial charge in [-0.05, 0) is 46.5 Å². The van der Waals surface area contributed by atoms with Crippen LogP contribution in [0.5, 0.6) is 0 Å². The number of carbonyl (C=O) groups excluding carboxylic acids is 1. The maximum Gasteiger partial charge on any atom is 0.293 e. The molecule has 0 aliphatic heterocycles. The molecule has 0 aliphatic rings. The molecule has 2 unspecified atom stereocenters. The van der Waals surface area contributed by atoms with Crippen LogP contribution < -0.4 is 5.14 Å². The number of carbonyl (C=O) groups is 1. The summed E-state index contributed by atoms with van der Waals surface area (Å²) in [6.07, 6.45) is 0.973. The second-order valence-electron chi connectivity index (χ2n) is 8.36. The normalized spacial score (nSPS) is 13.1. The molecule has 37 heavy (non-hydrogen) atoms. The van der Waals surface area contributed by atoms with Gasteiger partial charge in [0, 0.05) is 34.8 Å². The van der Waals surface area contributed by atoms with E-state index >= 15 is 0 Å². The van der Waals surface area contributed by atoms with Crippen LogP contribution >= 0.6 is 11.6 Å². The smallest absolute Gasteiger partial charge is 0.293 e. The molecule has 0 bridgehead atoms. The quantitative estimate of drug-likeness (QED) is 0.161. The fourth-order valence-electron chi connectivity index (χ4n) is 4.28. The van der Waals surface area contributed by atoms with Gasteiger partial charge in [0.25, 0.3) is 12.2 Å². The number of aromatic amines is 1. The maximum absolute atomic E-state index is 11.7. The monoisotopic (exact) mass is 539 g/mol. The number of nitrogens with two attached hydrogens (primary N) is 1. The third kappa shape index (κ3) is 5.56. The van der Waals surface area contributed by atoms with Crippen molar-refractivity contribution in [3.8, 4) is 22.4 Å². The lowest BCUT2D eigenvalue weighted by Crippen LogP contribution is -2.14. The third-order valence-electron chi connectivity index (χ3n) is 6.07. The van der Waals surface area contributed by atoms with E-state index in [1.807, 2.05) is 19.1 Å². The van der Waals surface area contributed by atoms with Crippen LogP contribution in [-0.4, -0.2) is 24.8 Å². The summed E-state index contributed by atoms with van der Waals surface area (Å²) in [6.45, 7) is 2.17. The SMILES string of the molecule is CC(c1c[nH]c(-c2ccc(Cl)cc2)c1-c1cccc([N+](=O)[O-])c1)C(OC=O)c1ccc(S(N)(=O)=O)cc1. The first-order chi connectivity index (χ1) is 17.6. The van der Waals surface area contributed by atoms with Gasteiger partial charge in [-0.1, -0.05) is 54.9 Å². The predicted octanol–water partition coefficient (Wildman–Crippen LogP) is 5.58. The van der Waals surface area contributed by atoms with Crippen molar-refractivity contribution in [1.29, 1.82) is 0 Å². The van der Waals surface area contributed by atoms with E-state index in [4.69, 9.17) is 21.5 Å². The molecule has 0 spiro atoms. The van der Waals surface area contributed by atoms with Crippen LogP contribution in [0, 0.1) is 10.1 Å². The second kappa shape index (κ2) is 10.6. The van der Waals surface area contributed by atoms with E-state index in [0.29, 0.717) is 33.9 Å². The first-order valence-corrected chi connectivity index (χ1v) is 13.0. The van der Waals surface area contributed by atoms with E-state index in [9.17, 15) is 23.3 Å². The molecule has 0 aliphatic carbocycles. The van der Waals surface area contributed by atoms with Gasteiger partial charge in [-0.2, -0.15) is 0 Å². The third-order valence-corrected chi connectivity index (χ3v) is 7.25. The first kappa shape index (κ1) is 26.1. The molecule has 3 N–H and O–H groups in total. The van der Waals surface area contributed by atoms with E-state index < -0.39 is 27.0 Å². The van der Waals surface area contributed by atoms with Gasteiger partial charge in [0.1, 0.15) is 6.10 Å². The molecule has 0 amide bonds. The molecular weight excluding hydrogens is 518 g/mol. The van der Waals surface area contributed by atoms with Gasteiger partial charge in [0.15, 0.2) is 0 Å². The van der Waals surface area contributed by atoms with E-state index in [1.165, 1.54) is 36.4 Å². The highest BCUT2D eigenvalue weighted by atomic mass is 35.5. The Balaban J connectivity index is 1.86. The van der Waals surface area contributed by atoms with Gasteiger partial charge in [-0.25, -0.2) is 13.6 Å². The van der Waals surface area contributed by atoms with Crippen LogP contribution in [0.15, 0.2) is 83.9 Å². The number of nitro benzene ring substituents is 1. The highest BCUT2D eigenvalue weighted by Crippen LogP contribution is 2.43. The van der Waals surface area contributed by atoms with Gasteiger partial charge < -0.3 is 9.72 Å². The number of benzene rings is 3. The molecule has 1 aromatic heterocycles. The fraction of sp³-hybridized carbons (Fsp3) is 0.115. The summed E-state index contributed by atoms with van der Waals surface area (Å²) in [5.41, 5.74) is 4.00. The average molecular weight is 540 g/mol. The fourth-order valence-corrected chi connectivity index (χ4v) is 4.92. The second-order valence-corrected chi connectivity index (χ2v) is 10.4. The minimum absolute atomic E-state index is 0.0707. The summed E-state index contributed by atoms with van der Waals surface area (Å²) in [5.74, 6) is -0.447. The predicted molar refractivity (Wildman–Crippen MR) is 139 cm³/mol. The van der Waals surface area contributed by atoms with Gasteiger partial charge in [0.05, 0.1) is 15.5 Å². The number of ether oxygens (including phenoxy) is 1. The van der Waals surface area contributed by atoms with Crippen LogP contribution in [-0.2, 0) is 19.6 Å². The standard InChI is InChI=1S/C26H22ClN3O6S/c1-16(26(36-15-31)18-7-11-22(12-8-18)37(28,34)35)23-14-29-25(17-5-9-20(27)10-6-17)24(23)19-3-2-4-21(13-19)30(32)33/h2-16,26,29H,1H3,(H2,28,34,35). The maximum atomic E-state index is 11.7. The summed E-state index contributed by atoms with van der Waals surface area (Å²) in [6, 6.07) is 19.1. The summed E-state index contributed by atoms with van der Waals surface area (Å²) < 4.78 is 28.8. The minimum Gasteiger partial charge on any atom is -0.459 e. The summed E-state index contributed by atoms with van der Waals surface area (Å²) >= 11 is 6.07. The van der Waals surface area contributed by atoms with Crippen molar-refractivity contribution in [3.63, 3.8) is 0 Å². The van der Waals surface area contributed by atoms with Crippen LogP contribution in [0.25, 0.3) is 22.4 Å². The largest absolute Gasteiger partial charge is 0.459 e. The zero-order valence-electron chi connectivity index (χ0n) is 19.5. The Morgan fingerprint density at radius 1 is 1.05 bits per heavy atom. The molecule has 190 valence electrons. The Morgan fingerprint density at radius 3 is 2.32 bits per heavy atom. The lowest BCUT2D eigenvalue weighted by atomic mass is 9.86. The van der Waals surface area contributed by atoms with E-state index in [0.717, 1.165) is 11.1 Å². The van der Waals surface area contributed by atoms with Gasteiger partial charge >= 0.3 is 0 Å². The average Bonchev–Trinajstić information content (AvgIpc) is 3.32. The Hall–Kier alpha value is -3.99. The molecule has 9 nitrogen and oxygen atoms in total. The Bertz CT molecular complexity index is 1550. The number of hydrogen-bond acceptors (Lipinski definition) is 6. The number of hydrogen-bond donors (Lipinski definition) is 2. The number of nitrogens with one attached hydrogen (secondary N) is 1. The molecule has 0 radical (unpaired) electrons. The van der Waals surface area contributed by atoms with Crippen LogP contribution in [0.2, 0.25) is 5.02 Å². The summed E-state index contributed by atoms with van der Waals surface area (Å²) in [4.78, 5) is 25.7. The summed E-state index contributed by atoms with van der Waals surface area (Å²) in [5, 5.41) is 17.2. The van der Waals surface area contributed by atoms with Crippen molar-refractivity contribution >= 4 is 33.8 Å². The highest BCUT2D eigenvalue weighted by Gasteiger charge is 2.28. The van der Waals surface area contributed by atoms with Crippen molar-refractivity contribution in [2.24, 2.45) is 5.14 Å². The molecule has 1 heterocycles. The number of non-ortho nitro benzene ring substituents is 1. The number of H-pyrrole nitrogens is 1. The van der Waals surface area contributed by atoms with Crippen molar-refractivity contribution < 1.29 is 22.9 Å².